The van der Waals surface area contributed by atoms with Gasteiger partial charge in [0.25, 0.3) is 0 Å². The summed E-state index contributed by atoms with van der Waals surface area (Å²) in [5.74, 6) is -17.4. The van der Waals surface area contributed by atoms with E-state index < -0.39 is 369 Å². The molecule has 6 aliphatic heterocycles. The van der Waals surface area contributed by atoms with Gasteiger partial charge in [0.15, 0.2) is 0 Å². The first-order valence-corrected chi connectivity index (χ1v) is 50.2. The lowest BCUT2D eigenvalue weighted by molar-refractivity contribution is -0.220. The van der Waals surface area contributed by atoms with Gasteiger partial charge in [0, 0.05) is 152 Å². The van der Waals surface area contributed by atoms with Crippen LogP contribution < -0.4 is 40.9 Å². The van der Waals surface area contributed by atoms with Crippen LogP contribution >= 0.6 is 0 Å². The highest BCUT2D eigenvalue weighted by Crippen LogP contribution is 2.55. The van der Waals surface area contributed by atoms with E-state index in [1.165, 1.54) is 0 Å². The highest BCUT2D eigenvalue weighted by molar-refractivity contribution is 7.03. The summed E-state index contributed by atoms with van der Waals surface area (Å²) in [6.07, 6.45) is -11.5. The molecule has 608 valence electrons. The molecule has 6 fully saturated rings. The van der Waals surface area contributed by atoms with Crippen molar-refractivity contribution in [2.75, 3.05) is 52.4 Å². The first-order valence-electron chi connectivity index (χ1n) is 34.8. The van der Waals surface area contributed by atoms with Crippen molar-refractivity contribution in [1.29, 1.82) is 0 Å². The molecule has 6 saturated heterocycles. The summed E-state index contributed by atoms with van der Waals surface area (Å²) in [4.78, 5) is 125. The van der Waals surface area contributed by atoms with Crippen molar-refractivity contribution in [2.45, 2.75) is 202 Å². The Bertz CT molecular complexity index is 2650. The molecular weight excluding hydrogens is 1590 g/mol. The van der Waals surface area contributed by atoms with Gasteiger partial charge in [-0.2, -0.15) is 0 Å². The zero-order valence-corrected chi connectivity index (χ0v) is 66.9. The molecule has 8 bridgehead atoms. The molecule has 0 saturated carbocycles. The van der Waals surface area contributed by atoms with Crippen molar-refractivity contribution in [2.24, 2.45) is 39.9 Å². The molecule has 44 nitrogen and oxygen atoms in total. The van der Waals surface area contributed by atoms with E-state index in [2.05, 4.69) is 39.9 Å². The van der Waals surface area contributed by atoms with Gasteiger partial charge in [-0.25, -0.2) is 0 Å². The largest absolute Gasteiger partial charge is 0.862 e. The van der Waals surface area contributed by atoms with E-state index in [9.17, 15) is 120 Å². The van der Waals surface area contributed by atoms with Gasteiger partial charge in [-0.05, 0) is 150 Å². The molecule has 0 aromatic carbocycles. The van der Waals surface area contributed by atoms with Crippen LogP contribution in [0, 0.1) is 0 Å². The van der Waals surface area contributed by atoms with Crippen LogP contribution in [-0.2, 0) is 87.7 Å². The molecule has 6 aliphatic rings. The highest BCUT2D eigenvalue weighted by Gasteiger charge is 2.83. The fourth-order valence-corrected chi connectivity index (χ4v) is 61.2. The number of aliphatic imine (C=N–C) groups is 8. The summed E-state index contributed by atoms with van der Waals surface area (Å²) in [6.45, 7) is -3.39. The summed E-state index contributed by atoms with van der Waals surface area (Å²) in [5, 5.41) is 181. The highest BCUT2D eigenvalue weighted by atomic mass is 28.6. The average Bonchev–Trinajstić information content (AvgIpc) is 0.687. The van der Waals surface area contributed by atoms with E-state index in [4.69, 9.17) is 49.4 Å². The minimum atomic E-state index is -5.31. The minimum absolute atomic E-state index is 0.290. The minimum Gasteiger partial charge on any atom is -0.862 e. The summed E-state index contributed by atoms with van der Waals surface area (Å²) in [7, 11) is -42.4. The summed E-state index contributed by atoms with van der Waals surface area (Å²) >= 11 is 0. The first-order chi connectivity index (χ1) is 51.0. The SMILES string of the molecule is O=C(O)CCC([O-])=NCCC[Si]12O[Si]3(CCCN=C([O-])CCC(=O)O)O[Si]4(CCCN=C([O-])CCC(=O)O)O[Si](CCCN=C([O-])CCC(=O)O)(O1)O[Si]1(CCCN=C([O-])CCC(=O)O)O[Si](CCCN=C([O-])CCC(=O)O)(O2)O[Si](CCCN=C([O-])CCC(=O)O)(O3)O[Si](CCCN=C([O-])CCC(=O)O)(O4)O1. The number of carboxylic acid groups (broad SMARTS) is 8. The fourth-order valence-electron chi connectivity index (χ4n) is 10.9. The fraction of sp³-hybridized carbons (Fsp3) is 0.714. The van der Waals surface area contributed by atoms with E-state index in [1.807, 2.05) is 0 Å². The second kappa shape index (κ2) is 44.0. The van der Waals surface area contributed by atoms with Crippen LogP contribution in [0.25, 0.3) is 0 Å². The van der Waals surface area contributed by atoms with Gasteiger partial charge in [-0.1, -0.05) is 0 Å². The lowest BCUT2D eigenvalue weighted by atomic mass is 10.3. The Morgan fingerprint density at radius 2 is 0.278 bits per heavy atom. The van der Waals surface area contributed by atoms with Crippen LogP contribution in [0.15, 0.2) is 39.9 Å². The third kappa shape index (κ3) is 33.2. The Morgan fingerprint density at radius 1 is 0.185 bits per heavy atom. The molecule has 0 radical (unpaired) electrons. The van der Waals surface area contributed by atoms with Crippen LogP contribution in [0.3, 0.4) is 0 Å². The maximum Gasteiger partial charge on any atom is 0.478 e. The van der Waals surface area contributed by atoms with Crippen LogP contribution in [0.5, 0.6) is 0 Å². The predicted molar refractivity (Wildman–Crippen MR) is 368 cm³/mol. The molecule has 0 aliphatic carbocycles. The number of aliphatic carboxylic acids is 8. The second-order valence-corrected chi connectivity index (χ2v) is 49.6. The zero-order chi connectivity index (χ0) is 79.7. The molecule has 0 unspecified atom stereocenters. The molecule has 0 aromatic rings. The van der Waals surface area contributed by atoms with E-state index in [0.717, 1.165) is 0 Å². The van der Waals surface area contributed by atoms with Gasteiger partial charge in [0.05, 0.1) is 0 Å². The standard InChI is InChI=1S/C56H96N8O36Si8/c65-41(9-17-49(73)74)57-25-1-33-101-89-102(34-2-26-58-42(66)10-18-50(75)76)92-105(37-5-29-61-45(69)13-21-53(81)82)94-103(90-101,35-3-27-59-43(67)11-19-51(77)78)96-107(39-7-31-63-47(71)15-23-55(85)86)97-104(91-101,36-4-28-60-44(68)12-20-52(79)80)95-106(93-102,38-6-30-62-46(70)14-22-54(83)84)99-108(98-105,100-107)40-8-32-64-48(72)16-24-56(87)88/h1-40H2,(H,57,65)(H,58,66)(H,59,67)(H,60,68)(H,61,69)(H,62,70)(H,63,71)(H,64,72)(H,73,74)(H,75,76)(H,77,78)(H,79,80)(H,81,82)(H,83,84)(H,85,86)(H,87,88)/p-8. The molecule has 0 aromatic heterocycles. The Balaban J connectivity index is 2.01. The third-order valence-electron chi connectivity index (χ3n) is 15.6. The molecule has 0 atom stereocenters. The summed E-state index contributed by atoms with van der Waals surface area (Å²) in [5.41, 5.74) is 0. The Labute approximate surface area is 626 Å². The maximum absolute atomic E-state index is 13.2. The number of nitrogens with zero attached hydrogens (tertiary/aromatic N) is 8. The van der Waals surface area contributed by atoms with Crippen LogP contribution in [-0.4, -0.2) is 259 Å². The first kappa shape index (κ1) is 91.4. The number of carbonyl (C=O) groups is 8. The normalized spacial score (nSPS) is 27.0. The van der Waals surface area contributed by atoms with Crippen molar-refractivity contribution < 1.29 is 169 Å². The Hall–Kier alpha value is -7.22. The summed E-state index contributed by atoms with van der Waals surface area (Å²) < 4.78 is 91.2. The monoisotopic (exact) mass is 1670 g/mol. The smallest absolute Gasteiger partial charge is 0.478 e. The van der Waals surface area contributed by atoms with Crippen molar-refractivity contribution in [3.05, 3.63) is 0 Å². The van der Waals surface area contributed by atoms with Crippen molar-refractivity contribution in [3.8, 4) is 0 Å². The molecule has 52 heteroatoms. The van der Waals surface area contributed by atoms with Gasteiger partial charge in [0.2, 0.25) is 0 Å². The predicted octanol–water partition coefficient (Wildman–Crippen LogP) is -4.13. The lowest BCUT2D eigenvalue weighted by Gasteiger charge is -2.63. The van der Waals surface area contributed by atoms with Crippen LogP contribution in [0.4, 0.5) is 0 Å². The molecule has 108 heavy (non-hydrogen) atoms. The molecule has 6 heterocycles. The molecule has 6 rings (SSSR count). The van der Waals surface area contributed by atoms with Crippen molar-refractivity contribution in [3.63, 3.8) is 0 Å². The van der Waals surface area contributed by atoms with Gasteiger partial charge in [-0.3, -0.25) is 38.4 Å². The zero-order valence-electron chi connectivity index (χ0n) is 58.9. The lowest BCUT2D eigenvalue weighted by Crippen LogP contribution is -2.88. The van der Waals surface area contributed by atoms with Crippen molar-refractivity contribution >= 4 is 165 Å². The molecule has 0 spiro atoms. The number of carboxylic acids is 8. The van der Waals surface area contributed by atoms with E-state index >= 15 is 0 Å². The maximum atomic E-state index is 13.2. The van der Waals surface area contributed by atoms with Crippen molar-refractivity contribution in [1.82, 2.24) is 0 Å². The Morgan fingerprint density at radius 3 is 0.361 bits per heavy atom. The quantitative estimate of drug-likeness (QED) is 0.0124. The molecule has 8 N–H and O–H groups in total. The van der Waals surface area contributed by atoms with Gasteiger partial charge in [0.1, 0.15) is 0 Å². The van der Waals surface area contributed by atoms with Crippen LogP contribution in [0.1, 0.15) is 154 Å². The summed E-state index contributed by atoms with van der Waals surface area (Å²) in [6, 6.07) is -4.10. The number of hydrogen-bond acceptors (Lipinski definition) is 36. The average molecular weight is 1670 g/mol. The van der Waals surface area contributed by atoms with E-state index in [1.54, 1.807) is 0 Å². The van der Waals surface area contributed by atoms with Gasteiger partial charge < -0.3 is 171 Å². The molecular formula is C56H88N8O36Si8-8. The number of rotatable bonds is 56. The van der Waals surface area contributed by atoms with E-state index in [-0.39, 0.29) is 51.4 Å². The van der Waals surface area contributed by atoms with Gasteiger partial charge in [-0.15, -0.1) is 0 Å². The second-order valence-electron chi connectivity index (χ2n) is 24.9. The third-order valence-corrected chi connectivity index (χ3v) is 53.2. The van der Waals surface area contributed by atoms with Gasteiger partial charge >= 0.3 is 118 Å². The topological polar surface area (TPSA) is 693 Å². The van der Waals surface area contributed by atoms with Crippen LogP contribution in [0.2, 0.25) is 48.4 Å². The van der Waals surface area contributed by atoms with E-state index in [0.29, 0.717) is 0 Å². The Kier molecular flexibility index (Phi) is 37.2. The molecule has 0 amide bonds. The number of hydrogen-bond donors (Lipinski definition) is 8.